The summed E-state index contributed by atoms with van der Waals surface area (Å²) in [7, 11) is 0. The van der Waals surface area contributed by atoms with E-state index >= 15 is 0 Å². The molecule has 2 nitrogen and oxygen atoms in total. The third-order valence-electron chi connectivity index (χ3n) is 3.22. The maximum absolute atomic E-state index is 13.4. The van der Waals surface area contributed by atoms with E-state index in [-0.39, 0.29) is 0 Å². The maximum atomic E-state index is 13.4. The van der Waals surface area contributed by atoms with E-state index in [4.69, 9.17) is 10.5 Å². The first-order chi connectivity index (χ1) is 10.6. The molecule has 0 spiro atoms. The molecule has 0 heterocycles. The lowest BCUT2D eigenvalue weighted by atomic mass is 10.1. The molecule has 0 saturated heterocycles. The van der Waals surface area contributed by atoms with E-state index in [9.17, 15) is 8.78 Å². The van der Waals surface area contributed by atoms with Gasteiger partial charge in [0.25, 0.3) is 0 Å². The van der Waals surface area contributed by atoms with Crippen LogP contribution in [0.4, 0.5) is 14.5 Å². The van der Waals surface area contributed by atoms with Gasteiger partial charge in [-0.25, -0.2) is 8.78 Å². The molecule has 0 unspecified atom stereocenters. The van der Waals surface area contributed by atoms with Crippen LogP contribution < -0.4 is 10.5 Å². The summed E-state index contributed by atoms with van der Waals surface area (Å²) in [6.45, 7) is 2.82. The van der Waals surface area contributed by atoms with Crippen LogP contribution >= 0.6 is 0 Å². The highest BCUT2D eigenvalue weighted by molar-refractivity contribution is 5.70. The molecule has 2 rings (SSSR count). The summed E-state index contributed by atoms with van der Waals surface area (Å²) >= 11 is 0. The Labute approximate surface area is 129 Å². The molecule has 0 bridgehead atoms. The number of ether oxygens (including phenoxy) is 1. The maximum Gasteiger partial charge on any atom is 0.149 e. The largest absolute Gasteiger partial charge is 0.494 e. The van der Waals surface area contributed by atoms with Crippen molar-refractivity contribution in [1.29, 1.82) is 0 Å². The predicted octanol–water partition coefficient (Wildman–Crippen LogP) is 4.90. The van der Waals surface area contributed by atoms with Crippen LogP contribution in [0.1, 0.15) is 30.9 Å². The van der Waals surface area contributed by atoms with Gasteiger partial charge in [-0.15, -0.1) is 0 Å². The van der Waals surface area contributed by atoms with Crippen LogP contribution in [0.25, 0.3) is 12.2 Å². The molecular formula is C18H19F2NO. The molecule has 116 valence electrons. The smallest absolute Gasteiger partial charge is 0.149 e. The van der Waals surface area contributed by atoms with Crippen molar-refractivity contribution < 1.29 is 13.5 Å². The SMILES string of the molecule is CCCCOc1ccc(C=Cc2cc(F)c(N)c(F)c2)cc1. The number of hydrogen-bond donors (Lipinski definition) is 1. The molecule has 2 N–H and O–H groups in total. The lowest BCUT2D eigenvalue weighted by Crippen LogP contribution is -1.96. The Hall–Kier alpha value is -2.36. The zero-order valence-corrected chi connectivity index (χ0v) is 12.5. The van der Waals surface area contributed by atoms with Gasteiger partial charge in [-0.05, 0) is 41.8 Å². The lowest BCUT2D eigenvalue weighted by Gasteiger charge is -2.05. The zero-order valence-electron chi connectivity index (χ0n) is 12.5. The molecule has 0 amide bonds. The summed E-state index contributed by atoms with van der Waals surface area (Å²) in [5, 5.41) is 0. The van der Waals surface area contributed by atoms with E-state index in [0.29, 0.717) is 12.2 Å². The summed E-state index contributed by atoms with van der Waals surface area (Å²) in [5.74, 6) is -0.686. The fraction of sp³-hybridized carbons (Fsp3) is 0.222. The van der Waals surface area contributed by atoms with Crippen molar-refractivity contribution in [2.45, 2.75) is 19.8 Å². The molecule has 0 aromatic heterocycles. The highest BCUT2D eigenvalue weighted by Crippen LogP contribution is 2.19. The quantitative estimate of drug-likeness (QED) is 0.468. The molecule has 0 aliphatic carbocycles. The average molecular weight is 303 g/mol. The van der Waals surface area contributed by atoms with Gasteiger partial charge in [0.05, 0.1) is 6.61 Å². The molecular weight excluding hydrogens is 284 g/mol. The van der Waals surface area contributed by atoms with Gasteiger partial charge in [0, 0.05) is 0 Å². The van der Waals surface area contributed by atoms with Gasteiger partial charge in [0.15, 0.2) is 0 Å². The third kappa shape index (κ3) is 4.32. The first-order valence-electron chi connectivity index (χ1n) is 7.25. The average Bonchev–Trinajstić information content (AvgIpc) is 2.52. The third-order valence-corrected chi connectivity index (χ3v) is 3.22. The Kier molecular flexibility index (Phi) is 5.53. The van der Waals surface area contributed by atoms with Gasteiger partial charge < -0.3 is 10.5 Å². The summed E-state index contributed by atoms with van der Waals surface area (Å²) in [4.78, 5) is 0. The van der Waals surface area contributed by atoms with Crippen molar-refractivity contribution in [2.24, 2.45) is 0 Å². The second-order valence-corrected chi connectivity index (χ2v) is 5.00. The molecule has 22 heavy (non-hydrogen) atoms. The van der Waals surface area contributed by atoms with Crippen molar-refractivity contribution in [3.63, 3.8) is 0 Å². The molecule has 2 aromatic rings. The second kappa shape index (κ2) is 7.59. The fourth-order valence-electron chi connectivity index (χ4n) is 1.90. The van der Waals surface area contributed by atoms with Crippen molar-refractivity contribution in [3.8, 4) is 5.75 Å². The Balaban J connectivity index is 2.04. The summed E-state index contributed by atoms with van der Waals surface area (Å²) in [6.07, 6.45) is 5.53. The number of nitrogen functional groups attached to an aromatic ring is 1. The first kappa shape index (κ1) is 16.0. The fourth-order valence-corrected chi connectivity index (χ4v) is 1.90. The van der Waals surface area contributed by atoms with Crippen LogP contribution in [0.5, 0.6) is 5.75 Å². The van der Waals surface area contributed by atoms with Gasteiger partial charge in [0.2, 0.25) is 0 Å². The summed E-state index contributed by atoms with van der Waals surface area (Å²) < 4.78 is 32.3. The van der Waals surface area contributed by atoms with Gasteiger partial charge >= 0.3 is 0 Å². The minimum atomic E-state index is -0.751. The van der Waals surface area contributed by atoms with Gasteiger partial charge in [-0.1, -0.05) is 37.6 Å². The minimum Gasteiger partial charge on any atom is -0.494 e. The van der Waals surface area contributed by atoms with E-state index in [1.54, 1.807) is 12.2 Å². The monoisotopic (exact) mass is 303 g/mol. The normalized spacial score (nSPS) is 11.0. The number of anilines is 1. The van der Waals surface area contributed by atoms with Crippen LogP contribution in [-0.2, 0) is 0 Å². The van der Waals surface area contributed by atoms with Crippen molar-refractivity contribution in [1.82, 2.24) is 0 Å². The van der Waals surface area contributed by atoms with E-state index in [0.717, 1.165) is 24.2 Å². The Bertz CT molecular complexity index is 628. The highest BCUT2D eigenvalue weighted by atomic mass is 19.1. The molecule has 0 fully saturated rings. The molecule has 0 atom stereocenters. The van der Waals surface area contributed by atoms with Gasteiger partial charge in [-0.2, -0.15) is 0 Å². The number of unbranched alkanes of at least 4 members (excludes halogenated alkanes) is 1. The number of hydrogen-bond acceptors (Lipinski definition) is 2. The van der Waals surface area contributed by atoms with Crippen molar-refractivity contribution in [2.75, 3.05) is 12.3 Å². The second-order valence-electron chi connectivity index (χ2n) is 5.00. The lowest BCUT2D eigenvalue weighted by molar-refractivity contribution is 0.309. The van der Waals surface area contributed by atoms with Crippen LogP contribution in [0.2, 0.25) is 0 Å². The summed E-state index contributed by atoms with van der Waals surface area (Å²) in [6, 6.07) is 9.94. The van der Waals surface area contributed by atoms with Crippen LogP contribution in [0.15, 0.2) is 36.4 Å². The Morgan fingerprint density at radius 1 is 1.00 bits per heavy atom. The first-order valence-corrected chi connectivity index (χ1v) is 7.25. The molecule has 0 aliphatic rings. The van der Waals surface area contributed by atoms with E-state index in [1.165, 1.54) is 12.1 Å². The number of rotatable bonds is 6. The van der Waals surface area contributed by atoms with Crippen molar-refractivity contribution >= 4 is 17.8 Å². The Morgan fingerprint density at radius 2 is 1.59 bits per heavy atom. The van der Waals surface area contributed by atoms with E-state index in [2.05, 4.69) is 6.92 Å². The Morgan fingerprint density at radius 3 is 2.18 bits per heavy atom. The standard InChI is InChI=1S/C18H19F2NO/c1-2-3-10-22-15-8-6-13(7-9-15)4-5-14-11-16(19)18(21)17(20)12-14/h4-9,11-12H,2-3,10,21H2,1H3. The topological polar surface area (TPSA) is 35.2 Å². The zero-order chi connectivity index (χ0) is 15.9. The minimum absolute atomic E-state index is 0.424. The van der Waals surface area contributed by atoms with Crippen molar-refractivity contribution in [3.05, 3.63) is 59.2 Å². The predicted molar refractivity (Wildman–Crippen MR) is 86.5 cm³/mol. The molecule has 0 saturated carbocycles. The van der Waals surface area contributed by atoms with Crippen LogP contribution in [0, 0.1) is 11.6 Å². The highest BCUT2D eigenvalue weighted by Gasteiger charge is 2.05. The molecule has 4 heteroatoms. The van der Waals surface area contributed by atoms with Crippen LogP contribution in [-0.4, -0.2) is 6.61 Å². The summed E-state index contributed by atoms with van der Waals surface area (Å²) in [5.41, 5.74) is 6.12. The number of benzene rings is 2. The van der Waals surface area contributed by atoms with Gasteiger partial charge in [-0.3, -0.25) is 0 Å². The van der Waals surface area contributed by atoms with E-state index < -0.39 is 17.3 Å². The number of nitrogens with two attached hydrogens (primary N) is 1. The molecule has 0 radical (unpaired) electrons. The van der Waals surface area contributed by atoms with E-state index in [1.807, 2.05) is 24.3 Å². The van der Waals surface area contributed by atoms with Crippen LogP contribution in [0.3, 0.4) is 0 Å². The molecule has 0 aliphatic heterocycles. The molecule has 2 aromatic carbocycles. The van der Waals surface area contributed by atoms with Gasteiger partial charge in [0.1, 0.15) is 23.1 Å². The number of halogens is 2.